The Balaban J connectivity index is 1.98. The molecule has 1 aliphatic rings. The van der Waals surface area contributed by atoms with Crippen molar-refractivity contribution in [3.05, 3.63) is 69.8 Å². The van der Waals surface area contributed by atoms with Crippen LogP contribution in [-0.4, -0.2) is 4.92 Å². The molecule has 2 aromatic carbocycles. The molecule has 0 saturated carbocycles. The predicted octanol–water partition coefficient (Wildman–Crippen LogP) is 4.75. The third kappa shape index (κ3) is 2.68. The molecule has 5 heteroatoms. The SMILES string of the molecule is CCC1(CC)O[C@@H](c2ccc([N+](=O)[O-])cc2)Nc2ccccc21. The summed E-state index contributed by atoms with van der Waals surface area (Å²) in [6.45, 7) is 4.25. The number of nitro groups is 1. The molecule has 2 aromatic rings. The molecule has 0 bridgehead atoms. The molecule has 0 aliphatic carbocycles. The van der Waals surface area contributed by atoms with E-state index in [1.165, 1.54) is 17.7 Å². The Morgan fingerprint density at radius 2 is 1.78 bits per heavy atom. The molecule has 1 N–H and O–H groups in total. The minimum absolute atomic E-state index is 0.0854. The van der Waals surface area contributed by atoms with Crippen LogP contribution in [-0.2, 0) is 10.3 Å². The van der Waals surface area contributed by atoms with Gasteiger partial charge in [-0.15, -0.1) is 0 Å². The lowest BCUT2D eigenvalue weighted by atomic mass is 9.85. The first-order valence-corrected chi connectivity index (χ1v) is 7.88. The second kappa shape index (κ2) is 6.01. The number of hydrogen-bond acceptors (Lipinski definition) is 4. The van der Waals surface area contributed by atoms with E-state index in [-0.39, 0.29) is 17.5 Å². The van der Waals surface area contributed by atoms with Crippen LogP contribution in [0.1, 0.15) is 44.0 Å². The Morgan fingerprint density at radius 1 is 1.13 bits per heavy atom. The lowest BCUT2D eigenvalue weighted by molar-refractivity contribution is -0.384. The number of anilines is 1. The van der Waals surface area contributed by atoms with E-state index in [1.807, 2.05) is 12.1 Å². The number of fused-ring (bicyclic) bond motifs is 1. The molecule has 0 spiro atoms. The van der Waals surface area contributed by atoms with Crippen molar-refractivity contribution < 1.29 is 9.66 Å². The molecule has 0 amide bonds. The van der Waals surface area contributed by atoms with Crippen LogP contribution in [0.25, 0.3) is 0 Å². The van der Waals surface area contributed by atoms with Crippen LogP contribution < -0.4 is 5.32 Å². The van der Waals surface area contributed by atoms with Gasteiger partial charge in [-0.2, -0.15) is 0 Å². The summed E-state index contributed by atoms with van der Waals surface area (Å²) in [7, 11) is 0. The van der Waals surface area contributed by atoms with E-state index in [9.17, 15) is 10.1 Å². The molecule has 0 unspecified atom stereocenters. The van der Waals surface area contributed by atoms with Gasteiger partial charge in [0.2, 0.25) is 0 Å². The average Bonchev–Trinajstić information content (AvgIpc) is 2.60. The molecule has 23 heavy (non-hydrogen) atoms. The van der Waals surface area contributed by atoms with E-state index in [1.54, 1.807) is 12.1 Å². The molecule has 0 fully saturated rings. The topological polar surface area (TPSA) is 64.4 Å². The highest BCUT2D eigenvalue weighted by Crippen LogP contribution is 2.45. The van der Waals surface area contributed by atoms with Crippen LogP contribution in [0.3, 0.4) is 0 Å². The van der Waals surface area contributed by atoms with E-state index in [4.69, 9.17) is 4.74 Å². The largest absolute Gasteiger partial charge is 0.356 e. The van der Waals surface area contributed by atoms with Gasteiger partial charge in [0.25, 0.3) is 5.69 Å². The van der Waals surface area contributed by atoms with Crippen LogP contribution >= 0.6 is 0 Å². The highest BCUT2D eigenvalue weighted by molar-refractivity contribution is 5.57. The molecule has 1 heterocycles. The summed E-state index contributed by atoms with van der Waals surface area (Å²) < 4.78 is 6.40. The second-order valence-electron chi connectivity index (χ2n) is 5.74. The zero-order valence-corrected chi connectivity index (χ0v) is 13.3. The maximum absolute atomic E-state index is 10.8. The van der Waals surface area contributed by atoms with Gasteiger partial charge >= 0.3 is 0 Å². The van der Waals surface area contributed by atoms with Crippen LogP contribution in [0.15, 0.2) is 48.5 Å². The molecular formula is C18H20N2O3. The van der Waals surface area contributed by atoms with Gasteiger partial charge in [-0.05, 0) is 31.0 Å². The number of nitro benzene ring substituents is 1. The quantitative estimate of drug-likeness (QED) is 0.653. The number of non-ortho nitro benzene ring substituents is 1. The maximum Gasteiger partial charge on any atom is 0.269 e. The lowest BCUT2D eigenvalue weighted by Gasteiger charge is -2.43. The molecule has 1 aliphatic heterocycles. The van der Waals surface area contributed by atoms with Crippen molar-refractivity contribution in [2.45, 2.75) is 38.5 Å². The van der Waals surface area contributed by atoms with Gasteiger partial charge in [-0.1, -0.05) is 32.0 Å². The van der Waals surface area contributed by atoms with Crippen molar-refractivity contribution >= 4 is 11.4 Å². The number of nitrogens with one attached hydrogen (secondary N) is 1. The third-order valence-electron chi connectivity index (χ3n) is 4.60. The summed E-state index contributed by atoms with van der Waals surface area (Å²) in [4.78, 5) is 10.4. The minimum atomic E-state index is -0.392. The number of para-hydroxylation sites is 1. The molecule has 0 saturated heterocycles. The maximum atomic E-state index is 10.8. The van der Waals surface area contributed by atoms with Crippen molar-refractivity contribution in [1.82, 2.24) is 0 Å². The molecular weight excluding hydrogens is 292 g/mol. The van der Waals surface area contributed by atoms with Crippen molar-refractivity contribution in [3.8, 4) is 0 Å². The number of ether oxygens (including phenoxy) is 1. The van der Waals surface area contributed by atoms with Gasteiger partial charge in [0.15, 0.2) is 6.23 Å². The van der Waals surface area contributed by atoms with Crippen molar-refractivity contribution in [1.29, 1.82) is 0 Å². The second-order valence-corrected chi connectivity index (χ2v) is 5.74. The van der Waals surface area contributed by atoms with Crippen LogP contribution in [0.4, 0.5) is 11.4 Å². The predicted molar refractivity (Wildman–Crippen MR) is 89.2 cm³/mol. The van der Waals surface area contributed by atoms with Crippen molar-refractivity contribution in [2.24, 2.45) is 0 Å². The van der Waals surface area contributed by atoms with Gasteiger partial charge in [-0.3, -0.25) is 10.1 Å². The van der Waals surface area contributed by atoms with Gasteiger partial charge in [0.1, 0.15) is 0 Å². The third-order valence-corrected chi connectivity index (χ3v) is 4.60. The fraction of sp³-hybridized carbons (Fsp3) is 0.333. The van der Waals surface area contributed by atoms with E-state index in [0.29, 0.717) is 0 Å². The molecule has 5 nitrogen and oxygen atoms in total. The summed E-state index contributed by atoms with van der Waals surface area (Å²) >= 11 is 0. The van der Waals surface area contributed by atoms with Crippen molar-refractivity contribution in [3.63, 3.8) is 0 Å². The highest BCUT2D eigenvalue weighted by atomic mass is 16.6. The van der Waals surface area contributed by atoms with Crippen molar-refractivity contribution in [2.75, 3.05) is 5.32 Å². The van der Waals surface area contributed by atoms with Crippen LogP contribution in [0.5, 0.6) is 0 Å². The number of hydrogen-bond donors (Lipinski definition) is 1. The summed E-state index contributed by atoms with van der Waals surface area (Å²) in [5.74, 6) is 0. The Hall–Kier alpha value is -2.40. The van der Waals surface area contributed by atoms with Crippen LogP contribution in [0, 0.1) is 10.1 Å². The smallest absolute Gasteiger partial charge is 0.269 e. The molecule has 3 rings (SSSR count). The monoisotopic (exact) mass is 312 g/mol. The molecule has 0 radical (unpaired) electrons. The zero-order chi connectivity index (χ0) is 16.4. The van der Waals surface area contributed by atoms with Crippen LogP contribution in [0.2, 0.25) is 0 Å². The lowest BCUT2D eigenvalue weighted by Crippen LogP contribution is -2.37. The van der Waals surface area contributed by atoms with Gasteiger partial charge in [-0.25, -0.2) is 0 Å². The first-order chi connectivity index (χ1) is 11.1. The van der Waals surface area contributed by atoms with Gasteiger partial charge in [0, 0.05) is 28.9 Å². The zero-order valence-electron chi connectivity index (χ0n) is 13.3. The Bertz CT molecular complexity index is 708. The van der Waals surface area contributed by atoms with Gasteiger partial charge in [0.05, 0.1) is 10.5 Å². The fourth-order valence-electron chi connectivity index (χ4n) is 3.19. The van der Waals surface area contributed by atoms with E-state index < -0.39 is 4.92 Å². The van der Waals surface area contributed by atoms with Gasteiger partial charge < -0.3 is 10.1 Å². The molecule has 1 atom stereocenters. The van der Waals surface area contributed by atoms with E-state index in [2.05, 4.69) is 31.3 Å². The fourth-order valence-corrected chi connectivity index (χ4v) is 3.19. The first kappa shape index (κ1) is 15.5. The summed E-state index contributed by atoms with van der Waals surface area (Å²) in [6.07, 6.45) is 1.42. The van der Waals surface area contributed by atoms with E-state index >= 15 is 0 Å². The normalized spacial score (nSPS) is 18.8. The number of nitrogens with zero attached hydrogens (tertiary/aromatic N) is 1. The Kier molecular flexibility index (Phi) is 4.05. The minimum Gasteiger partial charge on any atom is -0.356 e. The standard InChI is InChI=1S/C18H20N2O3/c1-3-18(4-2)15-7-5-6-8-16(15)19-17(23-18)13-9-11-14(12-10-13)20(21)22/h5-12,17,19H,3-4H2,1-2H3/t17-/m0/s1. The molecule has 0 aromatic heterocycles. The number of rotatable bonds is 4. The average molecular weight is 312 g/mol. The van der Waals surface area contributed by atoms with E-state index in [0.717, 1.165) is 24.1 Å². The first-order valence-electron chi connectivity index (χ1n) is 7.88. The highest BCUT2D eigenvalue weighted by Gasteiger charge is 2.39. The molecule has 120 valence electrons. The Labute approximate surface area is 135 Å². The Morgan fingerprint density at radius 3 is 2.39 bits per heavy atom. The number of benzene rings is 2. The summed E-state index contributed by atoms with van der Waals surface area (Å²) in [6, 6.07) is 14.7. The summed E-state index contributed by atoms with van der Waals surface area (Å²) in [5, 5.41) is 14.2. The summed E-state index contributed by atoms with van der Waals surface area (Å²) in [5.41, 5.74) is 2.86.